The molecule has 1 atom stereocenters. The number of amides is 2. The van der Waals surface area contributed by atoms with Crippen molar-refractivity contribution in [3.63, 3.8) is 0 Å². The first-order chi connectivity index (χ1) is 11.1. The molecule has 1 heterocycles. The Morgan fingerprint density at radius 3 is 2.52 bits per heavy atom. The highest BCUT2D eigenvalue weighted by molar-refractivity contribution is 5.90. The summed E-state index contributed by atoms with van der Waals surface area (Å²) in [6, 6.07) is 7.87. The van der Waals surface area contributed by atoms with Crippen LogP contribution in [0.4, 0.5) is 5.69 Å². The number of halogens is 2. The maximum absolute atomic E-state index is 11.7. The van der Waals surface area contributed by atoms with Crippen LogP contribution < -0.4 is 16.4 Å². The van der Waals surface area contributed by atoms with Gasteiger partial charge in [-0.05, 0) is 44.1 Å². The van der Waals surface area contributed by atoms with Crippen LogP contribution in [0, 0.1) is 5.92 Å². The van der Waals surface area contributed by atoms with E-state index in [-0.39, 0.29) is 42.5 Å². The normalized spacial score (nSPS) is 17.1. The molecule has 1 unspecified atom stereocenters. The van der Waals surface area contributed by atoms with Crippen molar-refractivity contribution in [3.8, 4) is 0 Å². The molecule has 6 nitrogen and oxygen atoms in total. The lowest BCUT2D eigenvalue weighted by Crippen LogP contribution is -2.40. The largest absolute Gasteiger partial charge is 0.369 e. The lowest BCUT2D eigenvalue weighted by molar-refractivity contribution is -0.123. The van der Waals surface area contributed by atoms with Crippen molar-refractivity contribution in [2.75, 3.05) is 32.0 Å². The molecule has 0 radical (unpaired) electrons. The van der Waals surface area contributed by atoms with Gasteiger partial charge in [-0.15, -0.1) is 24.8 Å². The van der Waals surface area contributed by atoms with Crippen molar-refractivity contribution in [2.24, 2.45) is 11.7 Å². The second kappa shape index (κ2) is 12.1. The monoisotopic (exact) mass is 390 g/mol. The van der Waals surface area contributed by atoms with Gasteiger partial charge in [0.15, 0.2) is 0 Å². The number of piperidine rings is 1. The van der Waals surface area contributed by atoms with Crippen LogP contribution >= 0.6 is 24.8 Å². The molecule has 8 heteroatoms. The highest BCUT2D eigenvalue weighted by Gasteiger charge is 2.23. The van der Waals surface area contributed by atoms with E-state index in [0.29, 0.717) is 13.0 Å². The standard InChI is InChI=1S/C17H26N4O2.2ClH/c1-19-9-8-16(22)20-15-6-4-13(5-7-15)11-21-10-2-3-14(12-21)17(18)23;;/h4-7,14,19H,2-3,8-12H2,1H3,(H2,18,23)(H,20,22);2*1H. The van der Waals surface area contributed by atoms with E-state index in [9.17, 15) is 9.59 Å². The Labute approximate surface area is 161 Å². The number of primary amides is 1. The van der Waals surface area contributed by atoms with E-state index in [4.69, 9.17) is 5.73 Å². The maximum Gasteiger partial charge on any atom is 0.225 e. The highest BCUT2D eigenvalue weighted by atomic mass is 35.5. The molecule has 2 rings (SSSR count). The van der Waals surface area contributed by atoms with Crippen molar-refractivity contribution in [3.05, 3.63) is 29.8 Å². The molecule has 0 aliphatic carbocycles. The molecule has 1 aliphatic heterocycles. The number of carbonyl (C=O) groups is 2. The Balaban J connectivity index is 0.00000288. The van der Waals surface area contributed by atoms with Gasteiger partial charge in [0.1, 0.15) is 0 Å². The zero-order valence-electron chi connectivity index (χ0n) is 14.5. The first-order valence-corrected chi connectivity index (χ1v) is 8.13. The highest BCUT2D eigenvalue weighted by Crippen LogP contribution is 2.19. The minimum Gasteiger partial charge on any atom is -0.369 e. The molecule has 25 heavy (non-hydrogen) atoms. The predicted octanol–water partition coefficient (Wildman–Crippen LogP) is 1.78. The third kappa shape index (κ3) is 8.05. The maximum atomic E-state index is 11.7. The first-order valence-electron chi connectivity index (χ1n) is 8.13. The minimum atomic E-state index is -0.200. The van der Waals surface area contributed by atoms with Crippen molar-refractivity contribution >= 4 is 42.3 Å². The molecule has 142 valence electrons. The summed E-state index contributed by atoms with van der Waals surface area (Å²) in [5.74, 6) is -0.226. The summed E-state index contributed by atoms with van der Waals surface area (Å²) >= 11 is 0. The van der Waals surface area contributed by atoms with Gasteiger partial charge in [0, 0.05) is 31.7 Å². The fraction of sp³-hybridized carbons (Fsp3) is 0.529. The van der Waals surface area contributed by atoms with Crippen molar-refractivity contribution in [1.82, 2.24) is 10.2 Å². The quantitative estimate of drug-likeness (QED) is 0.661. The van der Waals surface area contributed by atoms with E-state index in [0.717, 1.165) is 38.2 Å². The summed E-state index contributed by atoms with van der Waals surface area (Å²) in [5, 5.41) is 5.83. The summed E-state index contributed by atoms with van der Waals surface area (Å²) in [6.45, 7) is 3.20. The van der Waals surface area contributed by atoms with Crippen molar-refractivity contribution in [2.45, 2.75) is 25.8 Å². The summed E-state index contributed by atoms with van der Waals surface area (Å²) < 4.78 is 0. The Hall–Kier alpha value is -1.34. The molecule has 4 N–H and O–H groups in total. The van der Waals surface area contributed by atoms with Crippen LogP contribution in [0.1, 0.15) is 24.8 Å². The van der Waals surface area contributed by atoms with Gasteiger partial charge < -0.3 is 16.4 Å². The molecular weight excluding hydrogens is 363 g/mol. The first kappa shape index (κ1) is 23.7. The lowest BCUT2D eigenvalue weighted by atomic mass is 9.97. The lowest BCUT2D eigenvalue weighted by Gasteiger charge is -2.31. The smallest absolute Gasteiger partial charge is 0.225 e. The summed E-state index contributed by atoms with van der Waals surface area (Å²) in [6.07, 6.45) is 2.36. The van der Waals surface area contributed by atoms with E-state index in [1.807, 2.05) is 31.3 Å². The average molecular weight is 391 g/mol. The van der Waals surface area contributed by atoms with Gasteiger partial charge in [0.2, 0.25) is 11.8 Å². The second-order valence-corrected chi connectivity index (χ2v) is 6.08. The number of nitrogens with zero attached hydrogens (tertiary/aromatic N) is 1. The van der Waals surface area contributed by atoms with Crippen LogP contribution in [-0.2, 0) is 16.1 Å². The van der Waals surface area contributed by atoms with Crippen LogP contribution in [-0.4, -0.2) is 43.4 Å². The van der Waals surface area contributed by atoms with Gasteiger partial charge in [0.05, 0.1) is 5.92 Å². The Morgan fingerprint density at radius 1 is 1.24 bits per heavy atom. The number of hydrogen-bond acceptors (Lipinski definition) is 4. The van der Waals surface area contributed by atoms with Crippen molar-refractivity contribution in [1.29, 1.82) is 0 Å². The van der Waals surface area contributed by atoms with Crippen LogP contribution in [0.25, 0.3) is 0 Å². The number of benzene rings is 1. The van der Waals surface area contributed by atoms with E-state index in [1.165, 1.54) is 5.56 Å². The second-order valence-electron chi connectivity index (χ2n) is 6.08. The van der Waals surface area contributed by atoms with Crippen molar-refractivity contribution < 1.29 is 9.59 Å². The molecular formula is C17H28Cl2N4O2. The van der Waals surface area contributed by atoms with Gasteiger partial charge in [-0.3, -0.25) is 14.5 Å². The summed E-state index contributed by atoms with van der Waals surface area (Å²) in [5.41, 5.74) is 7.39. The predicted molar refractivity (Wildman–Crippen MR) is 105 cm³/mol. The number of nitrogens with one attached hydrogen (secondary N) is 2. The molecule has 1 fully saturated rings. The molecule has 0 saturated carbocycles. The SMILES string of the molecule is CNCCC(=O)Nc1ccc(CN2CCCC(C(N)=O)C2)cc1.Cl.Cl. The van der Waals surface area contributed by atoms with E-state index >= 15 is 0 Å². The van der Waals surface area contributed by atoms with Gasteiger partial charge in [-0.25, -0.2) is 0 Å². The molecule has 1 saturated heterocycles. The molecule has 2 amide bonds. The number of carbonyl (C=O) groups excluding carboxylic acids is 2. The number of anilines is 1. The van der Waals surface area contributed by atoms with Gasteiger partial charge in [0.25, 0.3) is 0 Å². The molecule has 1 aromatic rings. The van der Waals surface area contributed by atoms with Gasteiger partial charge in [-0.1, -0.05) is 12.1 Å². The van der Waals surface area contributed by atoms with Gasteiger partial charge >= 0.3 is 0 Å². The topological polar surface area (TPSA) is 87.5 Å². The number of hydrogen-bond donors (Lipinski definition) is 3. The third-order valence-electron chi connectivity index (χ3n) is 4.15. The van der Waals surface area contributed by atoms with Crippen LogP contribution in [0.2, 0.25) is 0 Å². The summed E-state index contributed by atoms with van der Waals surface area (Å²) in [7, 11) is 1.82. The van der Waals surface area contributed by atoms with E-state index in [1.54, 1.807) is 0 Å². The van der Waals surface area contributed by atoms with Crippen LogP contribution in [0.15, 0.2) is 24.3 Å². The van der Waals surface area contributed by atoms with Crippen LogP contribution in [0.5, 0.6) is 0 Å². The number of likely N-dealkylation sites (tertiary alicyclic amines) is 1. The van der Waals surface area contributed by atoms with E-state index in [2.05, 4.69) is 15.5 Å². The zero-order valence-corrected chi connectivity index (χ0v) is 16.1. The average Bonchev–Trinajstić information content (AvgIpc) is 2.55. The zero-order chi connectivity index (χ0) is 16.7. The van der Waals surface area contributed by atoms with E-state index < -0.39 is 0 Å². The summed E-state index contributed by atoms with van der Waals surface area (Å²) in [4.78, 5) is 25.3. The Morgan fingerprint density at radius 2 is 1.92 bits per heavy atom. The minimum absolute atomic E-state index is 0. The Bertz CT molecular complexity index is 540. The molecule has 0 bridgehead atoms. The third-order valence-corrected chi connectivity index (χ3v) is 4.15. The van der Waals surface area contributed by atoms with Crippen LogP contribution in [0.3, 0.4) is 0 Å². The molecule has 0 aromatic heterocycles. The number of nitrogens with two attached hydrogens (primary N) is 1. The fourth-order valence-electron chi connectivity index (χ4n) is 2.85. The number of rotatable bonds is 7. The van der Waals surface area contributed by atoms with Gasteiger partial charge in [-0.2, -0.15) is 0 Å². The molecule has 0 spiro atoms. The Kier molecular flexibility index (Phi) is 11.4. The molecule has 1 aromatic carbocycles. The fourth-order valence-corrected chi connectivity index (χ4v) is 2.85. The molecule has 1 aliphatic rings.